The van der Waals surface area contributed by atoms with Gasteiger partial charge in [-0.15, -0.1) is 0 Å². The number of nitrogens with zero attached hydrogens (tertiary/aromatic N) is 1. The topological polar surface area (TPSA) is 37.4 Å². The molecule has 1 aliphatic rings. The van der Waals surface area contributed by atoms with Crippen molar-refractivity contribution in [3.63, 3.8) is 0 Å². The van der Waals surface area contributed by atoms with Gasteiger partial charge >= 0.3 is 0 Å². The van der Waals surface area contributed by atoms with E-state index in [1.165, 1.54) is 18.2 Å². The highest BCUT2D eigenvalue weighted by Gasteiger charge is 2.27. The van der Waals surface area contributed by atoms with Crippen LogP contribution in [0.3, 0.4) is 0 Å². The van der Waals surface area contributed by atoms with E-state index in [2.05, 4.69) is 0 Å². The summed E-state index contributed by atoms with van der Waals surface area (Å²) in [6.45, 7) is 1.79. The summed E-state index contributed by atoms with van der Waals surface area (Å²) in [6, 6.07) is 5.73. The number of carbonyl (C=O) groups excluding carboxylic acids is 2. The predicted octanol–water partition coefficient (Wildman–Crippen LogP) is 1.64. The van der Waals surface area contributed by atoms with Crippen LogP contribution < -0.4 is 0 Å². The lowest BCUT2D eigenvalue weighted by Gasteiger charge is -2.14. The van der Waals surface area contributed by atoms with Crippen molar-refractivity contribution in [2.75, 3.05) is 0 Å². The van der Waals surface area contributed by atoms with Crippen molar-refractivity contribution in [2.45, 2.75) is 13.5 Å². The highest BCUT2D eigenvalue weighted by atomic mass is 19.1. The van der Waals surface area contributed by atoms with Crippen LogP contribution in [0, 0.1) is 5.82 Å². The van der Waals surface area contributed by atoms with Gasteiger partial charge in [-0.05, 0) is 24.6 Å². The number of benzene rings is 1. The normalized spacial score (nSPS) is 15.6. The Hall–Kier alpha value is -1.97. The summed E-state index contributed by atoms with van der Waals surface area (Å²) in [4.78, 5) is 24.1. The third kappa shape index (κ3) is 1.86. The van der Waals surface area contributed by atoms with Crippen LogP contribution in [0.2, 0.25) is 0 Å². The molecule has 1 heterocycles. The van der Waals surface area contributed by atoms with Gasteiger partial charge in [-0.3, -0.25) is 14.5 Å². The maximum Gasteiger partial charge on any atom is 0.256 e. The molecule has 2 rings (SSSR count). The van der Waals surface area contributed by atoms with Crippen molar-refractivity contribution in [3.8, 4) is 0 Å². The number of amides is 2. The second kappa shape index (κ2) is 3.89. The molecule has 0 spiro atoms. The summed E-state index contributed by atoms with van der Waals surface area (Å²) in [5.41, 5.74) is 1.17. The first kappa shape index (κ1) is 10.5. The van der Waals surface area contributed by atoms with Gasteiger partial charge in [-0.25, -0.2) is 4.39 Å². The van der Waals surface area contributed by atoms with E-state index in [1.807, 2.05) is 0 Å². The summed E-state index contributed by atoms with van der Waals surface area (Å²) in [5.74, 6) is -0.932. The summed E-state index contributed by atoms with van der Waals surface area (Å²) in [6.07, 6.45) is 1.31. The first-order chi connectivity index (χ1) is 7.58. The van der Waals surface area contributed by atoms with Crippen LogP contribution >= 0.6 is 0 Å². The lowest BCUT2D eigenvalue weighted by Crippen LogP contribution is -2.30. The molecule has 3 nitrogen and oxygen atoms in total. The van der Waals surface area contributed by atoms with E-state index in [-0.39, 0.29) is 24.2 Å². The lowest BCUT2D eigenvalue weighted by atomic mass is 10.2. The van der Waals surface area contributed by atoms with Crippen molar-refractivity contribution < 1.29 is 14.0 Å². The fraction of sp³-hybridized carbons (Fsp3) is 0.167. The van der Waals surface area contributed by atoms with Crippen LogP contribution in [-0.4, -0.2) is 16.7 Å². The second-order valence-electron chi connectivity index (χ2n) is 3.68. The number of halogens is 1. The summed E-state index contributed by atoms with van der Waals surface area (Å²) in [5, 5.41) is 0. The zero-order valence-electron chi connectivity index (χ0n) is 8.74. The third-order valence-electron chi connectivity index (χ3n) is 2.44. The summed E-state index contributed by atoms with van der Waals surface area (Å²) >= 11 is 0. The predicted molar refractivity (Wildman–Crippen MR) is 55.7 cm³/mol. The average molecular weight is 219 g/mol. The van der Waals surface area contributed by atoms with Crippen LogP contribution in [0.25, 0.3) is 0 Å². The zero-order valence-corrected chi connectivity index (χ0v) is 8.74. The molecule has 2 amide bonds. The second-order valence-corrected chi connectivity index (χ2v) is 3.68. The molecule has 0 bridgehead atoms. The number of imide groups is 1. The van der Waals surface area contributed by atoms with Gasteiger partial charge in [-0.2, -0.15) is 0 Å². The van der Waals surface area contributed by atoms with Gasteiger partial charge in [0.1, 0.15) is 5.82 Å². The first-order valence-electron chi connectivity index (χ1n) is 4.86. The molecular formula is C12H10FNO2. The molecule has 1 aromatic carbocycles. The van der Waals surface area contributed by atoms with Crippen molar-refractivity contribution in [3.05, 3.63) is 47.3 Å². The van der Waals surface area contributed by atoms with Crippen molar-refractivity contribution >= 4 is 11.8 Å². The maximum atomic E-state index is 12.7. The number of carbonyl (C=O) groups is 2. The number of hydrogen-bond donors (Lipinski definition) is 0. The molecule has 1 aromatic rings. The first-order valence-corrected chi connectivity index (χ1v) is 4.86. The number of hydrogen-bond acceptors (Lipinski definition) is 2. The molecule has 0 aliphatic carbocycles. The van der Waals surface area contributed by atoms with Crippen molar-refractivity contribution in [2.24, 2.45) is 0 Å². The van der Waals surface area contributed by atoms with E-state index in [4.69, 9.17) is 0 Å². The highest BCUT2D eigenvalue weighted by Crippen LogP contribution is 2.15. The minimum absolute atomic E-state index is 0.186. The van der Waals surface area contributed by atoms with Gasteiger partial charge in [-0.1, -0.05) is 12.1 Å². The largest absolute Gasteiger partial charge is 0.271 e. The molecule has 0 radical (unpaired) electrons. The minimum Gasteiger partial charge on any atom is -0.271 e. The van der Waals surface area contributed by atoms with Crippen LogP contribution in [0.5, 0.6) is 0 Å². The van der Waals surface area contributed by atoms with Gasteiger partial charge in [0.2, 0.25) is 0 Å². The number of rotatable bonds is 2. The molecule has 0 saturated heterocycles. The molecule has 82 valence electrons. The third-order valence-corrected chi connectivity index (χ3v) is 2.44. The molecule has 0 unspecified atom stereocenters. The molecule has 4 heteroatoms. The Labute approximate surface area is 92.2 Å². The van der Waals surface area contributed by atoms with Gasteiger partial charge in [0, 0.05) is 11.6 Å². The van der Waals surface area contributed by atoms with Gasteiger partial charge in [0.05, 0.1) is 6.54 Å². The molecule has 0 fully saturated rings. The summed E-state index contributed by atoms with van der Waals surface area (Å²) < 4.78 is 12.7. The molecule has 0 N–H and O–H groups in total. The Morgan fingerprint density at radius 2 is 1.81 bits per heavy atom. The van der Waals surface area contributed by atoms with Crippen molar-refractivity contribution in [1.82, 2.24) is 4.90 Å². The molecular weight excluding hydrogens is 209 g/mol. The van der Waals surface area contributed by atoms with Crippen molar-refractivity contribution in [1.29, 1.82) is 0 Å². The van der Waals surface area contributed by atoms with Crippen LogP contribution in [0.4, 0.5) is 4.39 Å². The van der Waals surface area contributed by atoms with E-state index in [1.54, 1.807) is 19.1 Å². The highest BCUT2D eigenvalue weighted by molar-refractivity contribution is 6.15. The van der Waals surface area contributed by atoms with Crippen LogP contribution in [0.1, 0.15) is 12.5 Å². The SMILES string of the molecule is CC1=CC(=O)N(Cc2ccc(F)cc2)C1=O. The molecule has 0 aromatic heterocycles. The quantitative estimate of drug-likeness (QED) is 0.709. The van der Waals surface area contributed by atoms with E-state index in [0.717, 1.165) is 10.5 Å². The molecule has 0 atom stereocenters. The molecule has 1 aliphatic heterocycles. The van der Waals surface area contributed by atoms with Gasteiger partial charge in [0.15, 0.2) is 0 Å². The Bertz CT molecular complexity index is 476. The Morgan fingerprint density at radius 3 is 2.31 bits per heavy atom. The van der Waals surface area contributed by atoms with E-state index < -0.39 is 0 Å². The van der Waals surface area contributed by atoms with E-state index in [9.17, 15) is 14.0 Å². The Balaban J connectivity index is 2.15. The summed E-state index contributed by atoms with van der Waals surface area (Å²) in [7, 11) is 0. The lowest BCUT2D eigenvalue weighted by molar-refractivity contribution is -0.137. The zero-order chi connectivity index (χ0) is 11.7. The average Bonchev–Trinajstić information content (AvgIpc) is 2.48. The standard InChI is InChI=1S/C12H10FNO2/c1-8-6-11(15)14(12(8)16)7-9-2-4-10(13)5-3-9/h2-6H,7H2,1H3. The fourth-order valence-corrected chi connectivity index (χ4v) is 1.56. The minimum atomic E-state index is -0.336. The molecule has 0 saturated carbocycles. The van der Waals surface area contributed by atoms with Gasteiger partial charge < -0.3 is 0 Å². The Kier molecular flexibility index (Phi) is 2.56. The van der Waals surface area contributed by atoms with E-state index in [0.29, 0.717) is 5.57 Å². The van der Waals surface area contributed by atoms with Crippen LogP contribution in [-0.2, 0) is 16.1 Å². The smallest absolute Gasteiger partial charge is 0.256 e. The molecule has 16 heavy (non-hydrogen) atoms. The van der Waals surface area contributed by atoms with Gasteiger partial charge in [0.25, 0.3) is 11.8 Å². The Morgan fingerprint density at radius 1 is 1.19 bits per heavy atom. The van der Waals surface area contributed by atoms with Crippen LogP contribution in [0.15, 0.2) is 35.9 Å². The van der Waals surface area contributed by atoms with E-state index >= 15 is 0 Å². The maximum absolute atomic E-state index is 12.7. The monoisotopic (exact) mass is 219 g/mol. The fourth-order valence-electron chi connectivity index (χ4n) is 1.56.